The van der Waals surface area contributed by atoms with Gasteiger partial charge >= 0.3 is 12.1 Å². The molecular formula is C2H4N4O4. The maximum atomic E-state index is 10.0. The van der Waals surface area contributed by atoms with Crippen molar-refractivity contribution in [3.05, 3.63) is 4.91 Å². The average Bonchev–Trinajstić information content (AvgIpc) is 1.99. The van der Waals surface area contributed by atoms with Gasteiger partial charge in [0.1, 0.15) is 0 Å². The van der Waals surface area contributed by atoms with Crippen LogP contribution >= 0.6 is 0 Å². The Labute approximate surface area is 54.5 Å². The number of nitrogens with zero attached hydrogens (tertiary/aromatic N) is 1. The van der Waals surface area contributed by atoms with Gasteiger partial charge in [0, 0.05) is 5.18 Å². The summed E-state index contributed by atoms with van der Waals surface area (Å²) >= 11 is 0. The molecule has 0 saturated carbocycles. The van der Waals surface area contributed by atoms with E-state index < -0.39 is 12.1 Å². The van der Waals surface area contributed by atoms with Crippen LogP contribution in [0, 0.1) is 4.91 Å². The number of urea groups is 2. The minimum absolute atomic E-state index is 1.07. The number of hydrogen-bond donors (Lipinski definition) is 4. The summed E-state index contributed by atoms with van der Waals surface area (Å²) in [5, 5.41) is 9.67. The molecule has 4 N–H and O–H groups in total. The minimum atomic E-state index is -1.26. The Kier molecular flexibility index (Phi) is 3.49. The fourth-order valence-electron chi connectivity index (χ4n) is 0.161. The third-order valence-electron chi connectivity index (χ3n) is 0.467. The van der Waals surface area contributed by atoms with Gasteiger partial charge in [0.05, 0.1) is 0 Å². The molecule has 0 rings (SSSR count). The average molecular weight is 148 g/mol. The molecule has 10 heavy (non-hydrogen) atoms. The van der Waals surface area contributed by atoms with Gasteiger partial charge in [-0.3, -0.25) is 5.21 Å². The van der Waals surface area contributed by atoms with E-state index >= 15 is 0 Å². The van der Waals surface area contributed by atoms with Crippen LogP contribution in [0.2, 0.25) is 0 Å². The number of nitroso groups, excluding NO2 is 1. The molecule has 4 amide bonds. The van der Waals surface area contributed by atoms with E-state index in [0.29, 0.717) is 0 Å². The molecule has 0 aromatic heterocycles. The predicted molar refractivity (Wildman–Crippen MR) is 27.8 cm³/mol. The second-order valence-electron chi connectivity index (χ2n) is 1.09. The number of amides is 4. The molecule has 0 fully saturated rings. The maximum Gasteiger partial charge on any atom is 0.397 e. The molecular weight excluding hydrogens is 144 g/mol. The fourth-order valence-corrected chi connectivity index (χ4v) is 0.161. The Balaban J connectivity index is 3.44. The van der Waals surface area contributed by atoms with Gasteiger partial charge in [0.25, 0.3) is 0 Å². The van der Waals surface area contributed by atoms with Crippen molar-refractivity contribution in [2.24, 2.45) is 5.18 Å². The molecule has 0 spiro atoms. The summed E-state index contributed by atoms with van der Waals surface area (Å²) in [5.74, 6) is 0. The molecule has 0 aromatic rings. The van der Waals surface area contributed by atoms with E-state index in [2.05, 4.69) is 0 Å². The molecule has 8 heteroatoms. The molecule has 0 bridgehead atoms. The van der Waals surface area contributed by atoms with E-state index in [1.165, 1.54) is 0 Å². The zero-order valence-corrected chi connectivity index (χ0v) is 4.62. The van der Waals surface area contributed by atoms with Gasteiger partial charge in [-0.2, -0.15) is 0 Å². The number of hydrogen-bond acceptors (Lipinski definition) is 4. The molecule has 0 heterocycles. The van der Waals surface area contributed by atoms with Crippen LogP contribution in [-0.2, 0) is 0 Å². The van der Waals surface area contributed by atoms with Gasteiger partial charge in [-0.1, -0.05) is 0 Å². The summed E-state index contributed by atoms with van der Waals surface area (Å²) < 4.78 is 0. The van der Waals surface area contributed by atoms with Gasteiger partial charge in [0.15, 0.2) is 0 Å². The third kappa shape index (κ3) is 3.32. The van der Waals surface area contributed by atoms with E-state index in [-0.39, 0.29) is 0 Å². The Morgan fingerprint density at radius 2 is 1.90 bits per heavy atom. The highest BCUT2D eigenvalue weighted by molar-refractivity contribution is 5.79. The van der Waals surface area contributed by atoms with Crippen molar-refractivity contribution in [2.75, 3.05) is 0 Å². The molecule has 0 aliphatic rings. The SMILES string of the molecule is O=NC(=O)NNC(=O)NO. The summed E-state index contributed by atoms with van der Waals surface area (Å²) in [4.78, 5) is 29.2. The van der Waals surface area contributed by atoms with Crippen molar-refractivity contribution in [2.45, 2.75) is 0 Å². The molecule has 0 radical (unpaired) electrons. The van der Waals surface area contributed by atoms with Crippen LogP contribution in [-0.4, -0.2) is 17.3 Å². The quantitative estimate of drug-likeness (QED) is 0.201. The molecule has 0 unspecified atom stereocenters. The van der Waals surface area contributed by atoms with Crippen molar-refractivity contribution in [1.29, 1.82) is 0 Å². The zero-order chi connectivity index (χ0) is 7.98. The number of nitrogens with one attached hydrogen (secondary N) is 3. The van der Waals surface area contributed by atoms with Crippen LogP contribution in [0.15, 0.2) is 5.18 Å². The van der Waals surface area contributed by atoms with Gasteiger partial charge < -0.3 is 0 Å². The highest BCUT2D eigenvalue weighted by Crippen LogP contribution is 1.65. The fraction of sp³-hybridized carbons (Fsp3) is 0. The van der Waals surface area contributed by atoms with E-state index in [4.69, 9.17) is 5.21 Å². The monoisotopic (exact) mass is 148 g/mol. The second kappa shape index (κ2) is 4.21. The smallest absolute Gasteiger partial charge is 0.287 e. The summed E-state index contributed by atoms with van der Waals surface area (Å²) in [5.41, 5.74) is 4.27. The van der Waals surface area contributed by atoms with E-state index in [9.17, 15) is 14.5 Å². The van der Waals surface area contributed by atoms with Crippen LogP contribution in [0.5, 0.6) is 0 Å². The van der Waals surface area contributed by atoms with Crippen molar-refractivity contribution in [3.63, 3.8) is 0 Å². The molecule has 0 atom stereocenters. The van der Waals surface area contributed by atoms with Crippen molar-refractivity contribution in [1.82, 2.24) is 16.3 Å². The Hall–Kier alpha value is -1.70. The number of rotatable bonds is 0. The number of carbonyl (C=O) groups is 2. The third-order valence-corrected chi connectivity index (χ3v) is 0.467. The zero-order valence-electron chi connectivity index (χ0n) is 4.62. The van der Waals surface area contributed by atoms with E-state index in [0.717, 1.165) is 5.48 Å². The van der Waals surface area contributed by atoms with Crippen LogP contribution in [0.1, 0.15) is 0 Å². The number of hydrazine groups is 1. The topological polar surface area (TPSA) is 120 Å². The Morgan fingerprint density at radius 3 is 2.30 bits per heavy atom. The van der Waals surface area contributed by atoms with Crippen molar-refractivity contribution >= 4 is 12.1 Å². The number of carbonyl (C=O) groups excluding carboxylic acids is 2. The molecule has 56 valence electrons. The first-order chi connectivity index (χ1) is 4.70. The normalized spacial score (nSPS) is 7.70. The number of hydroxylamine groups is 1. The van der Waals surface area contributed by atoms with E-state index in [1.807, 2.05) is 5.18 Å². The first-order valence-electron chi connectivity index (χ1n) is 2.04. The molecule has 8 nitrogen and oxygen atoms in total. The summed E-state index contributed by atoms with van der Waals surface area (Å²) in [6.45, 7) is 0. The molecule has 0 aromatic carbocycles. The maximum absolute atomic E-state index is 10.0. The van der Waals surface area contributed by atoms with Crippen molar-refractivity contribution < 1.29 is 14.8 Å². The van der Waals surface area contributed by atoms with Gasteiger partial charge in [-0.25, -0.2) is 25.9 Å². The lowest BCUT2D eigenvalue weighted by Crippen LogP contribution is -2.44. The minimum Gasteiger partial charge on any atom is -0.287 e. The van der Waals surface area contributed by atoms with E-state index in [1.54, 1.807) is 10.9 Å². The van der Waals surface area contributed by atoms with Crippen LogP contribution in [0.25, 0.3) is 0 Å². The Morgan fingerprint density at radius 1 is 1.30 bits per heavy atom. The first-order valence-corrected chi connectivity index (χ1v) is 2.04. The van der Waals surface area contributed by atoms with Crippen LogP contribution < -0.4 is 16.3 Å². The Bertz CT molecular complexity index is 155. The summed E-state index contributed by atoms with van der Waals surface area (Å²) in [6.07, 6.45) is 0. The standard InChI is InChI=1S/C2H4N4O4/c7-1(5-9)3-4-2(8)6-10/h9H,(H,4,8)(H2,3,5,7). The van der Waals surface area contributed by atoms with Crippen LogP contribution in [0.3, 0.4) is 0 Å². The summed E-state index contributed by atoms with van der Waals surface area (Å²) in [7, 11) is 0. The predicted octanol–water partition coefficient (Wildman–Crippen LogP) is -0.934. The highest BCUT2D eigenvalue weighted by atomic mass is 16.5. The van der Waals surface area contributed by atoms with Crippen LogP contribution in [0.4, 0.5) is 9.59 Å². The summed E-state index contributed by atoms with van der Waals surface area (Å²) in [6, 6.07) is -2.33. The van der Waals surface area contributed by atoms with Crippen molar-refractivity contribution in [3.8, 4) is 0 Å². The van der Waals surface area contributed by atoms with Gasteiger partial charge in [0.2, 0.25) is 0 Å². The molecule has 0 saturated heterocycles. The lowest BCUT2D eigenvalue weighted by molar-refractivity contribution is 0.158. The lowest BCUT2D eigenvalue weighted by Gasteiger charge is -1.99. The molecule has 0 aliphatic heterocycles. The largest absolute Gasteiger partial charge is 0.397 e. The van der Waals surface area contributed by atoms with Gasteiger partial charge in [-0.15, -0.1) is 4.91 Å². The van der Waals surface area contributed by atoms with Gasteiger partial charge in [-0.05, 0) is 0 Å². The molecule has 0 aliphatic carbocycles. The lowest BCUT2D eigenvalue weighted by atomic mass is 11.0. The second-order valence-corrected chi connectivity index (χ2v) is 1.09. The first kappa shape index (κ1) is 8.30. The highest BCUT2D eigenvalue weighted by Gasteiger charge is 1.99.